The largest absolute Gasteiger partial charge is 0.493 e. The van der Waals surface area contributed by atoms with Crippen LogP contribution in [0.15, 0.2) is 24.3 Å². The molecule has 0 spiro atoms. The zero-order valence-corrected chi connectivity index (χ0v) is 10.8. The molecule has 0 aliphatic carbocycles. The van der Waals surface area contributed by atoms with E-state index >= 15 is 0 Å². The predicted octanol–water partition coefficient (Wildman–Crippen LogP) is 2.59. The molecule has 1 aromatic rings. The highest BCUT2D eigenvalue weighted by Crippen LogP contribution is 2.26. The minimum absolute atomic E-state index is 0.116. The maximum Gasteiger partial charge on any atom is 0.328 e. The highest BCUT2D eigenvalue weighted by Gasteiger charge is 2.04. The van der Waals surface area contributed by atoms with Gasteiger partial charge in [-0.05, 0) is 24.6 Å². The van der Waals surface area contributed by atoms with E-state index in [1.165, 1.54) is 6.08 Å². The summed E-state index contributed by atoms with van der Waals surface area (Å²) in [5.41, 5.74) is 0.640. The lowest BCUT2D eigenvalue weighted by atomic mass is 10.1. The van der Waals surface area contributed by atoms with Gasteiger partial charge < -0.3 is 14.6 Å². The van der Waals surface area contributed by atoms with Gasteiger partial charge in [0, 0.05) is 17.7 Å². The molecule has 0 aromatic heterocycles. The summed E-state index contributed by atoms with van der Waals surface area (Å²) in [6.45, 7) is 2.74. The molecule has 1 aromatic carbocycles. The van der Waals surface area contributed by atoms with Crippen LogP contribution in [-0.2, 0) is 4.79 Å². The zero-order chi connectivity index (χ0) is 14.1. The fourth-order valence-corrected chi connectivity index (χ4v) is 1.37. The lowest BCUT2D eigenvalue weighted by molar-refractivity contribution is -0.131. The van der Waals surface area contributed by atoms with Crippen molar-refractivity contribution in [2.45, 2.75) is 13.3 Å². The molecule has 0 aliphatic heterocycles. The average molecular weight is 260 g/mol. The molecular weight excluding hydrogens is 244 g/mol. The number of rotatable bonds is 7. The average Bonchev–Trinajstić information content (AvgIpc) is 2.41. The van der Waals surface area contributed by atoms with Gasteiger partial charge in [-0.25, -0.2) is 4.79 Å². The zero-order valence-electron chi connectivity index (χ0n) is 10.8. The van der Waals surface area contributed by atoms with Crippen LogP contribution in [0.1, 0.15) is 18.9 Å². The van der Waals surface area contributed by atoms with E-state index in [2.05, 4.69) is 5.92 Å². The second-order valence-corrected chi connectivity index (χ2v) is 3.71. The van der Waals surface area contributed by atoms with Crippen molar-refractivity contribution in [1.29, 1.82) is 0 Å². The van der Waals surface area contributed by atoms with Gasteiger partial charge in [0.1, 0.15) is 18.1 Å². The molecule has 0 aliphatic rings. The Hall–Kier alpha value is -2.41. The van der Waals surface area contributed by atoms with Gasteiger partial charge in [-0.2, -0.15) is 0 Å². The van der Waals surface area contributed by atoms with E-state index in [-0.39, 0.29) is 6.61 Å². The normalized spacial score (nSPS) is 10.1. The van der Waals surface area contributed by atoms with Crippen LogP contribution in [0.25, 0.3) is 6.08 Å². The standard InChI is InChI=1S/C15H16O4/c1-3-9-18-13-7-5-12(6-8-15(16)17)14(11-13)19-10-4-2/h2,5-8,11H,3,9-10H2,1H3,(H,16,17)/b8-6+. The first-order valence-electron chi connectivity index (χ1n) is 5.91. The van der Waals surface area contributed by atoms with E-state index in [0.29, 0.717) is 23.7 Å². The quantitative estimate of drug-likeness (QED) is 0.604. The number of aliphatic carboxylic acids is 1. The lowest BCUT2D eigenvalue weighted by Gasteiger charge is -2.10. The van der Waals surface area contributed by atoms with Gasteiger partial charge in [0.2, 0.25) is 0 Å². The van der Waals surface area contributed by atoms with E-state index in [9.17, 15) is 4.79 Å². The van der Waals surface area contributed by atoms with Crippen molar-refractivity contribution in [2.75, 3.05) is 13.2 Å². The van der Waals surface area contributed by atoms with Gasteiger partial charge >= 0.3 is 5.97 Å². The van der Waals surface area contributed by atoms with Crippen molar-refractivity contribution >= 4 is 12.0 Å². The number of carbonyl (C=O) groups is 1. The molecule has 0 amide bonds. The molecule has 19 heavy (non-hydrogen) atoms. The highest BCUT2D eigenvalue weighted by atomic mass is 16.5. The van der Waals surface area contributed by atoms with Crippen LogP contribution in [0.4, 0.5) is 0 Å². The summed E-state index contributed by atoms with van der Waals surface area (Å²) >= 11 is 0. The van der Waals surface area contributed by atoms with Gasteiger partial charge in [0.15, 0.2) is 0 Å². The Morgan fingerprint density at radius 1 is 1.47 bits per heavy atom. The molecule has 0 fully saturated rings. The summed E-state index contributed by atoms with van der Waals surface area (Å²) in [4.78, 5) is 10.5. The molecular formula is C15H16O4. The van der Waals surface area contributed by atoms with Crippen LogP contribution in [0.2, 0.25) is 0 Å². The summed E-state index contributed by atoms with van der Waals surface area (Å²) in [5, 5.41) is 8.63. The minimum atomic E-state index is -1.02. The Bertz CT molecular complexity index is 497. The molecule has 4 nitrogen and oxygen atoms in total. The van der Waals surface area contributed by atoms with Crippen molar-refractivity contribution in [3.05, 3.63) is 29.8 Å². The minimum Gasteiger partial charge on any atom is -0.493 e. The van der Waals surface area contributed by atoms with Gasteiger partial charge in [-0.1, -0.05) is 12.8 Å². The van der Waals surface area contributed by atoms with Crippen molar-refractivity contribution in [3.63, 3.8) is 0 Å². The van der Waals surface area contributed by atoms with Crippen LogP contribution in [-0.4, -0.2) is 24.3 Å². The van der Waals surface area contributed by atoms with Gasteiger partial charge in [-0.3, -0.25) is 0 Å². The third-order valence-electron chi connectivity index (χ3n) is 2.17. The summed E-state index contributed by atoms with van der Waals surface area (Å²) in [6, 6.07) is 5.20. The third kappa shape index (κ3) is 5.17. The molecule has 1 N–H and O–H groups in total. The smallest absolute Gasteiger partial charge is 0.328 e. The second kappa shape index (κ2) is 7.83. The fourth-order valence-electron chi connectivity index (χ4n) is 1.37. The van der Waals surface area contributed by atoms with Crippen molar-refractivity contribution < 1.29 is 19.4 Å². The van der Waals surface area contributed by atoms with Crippen LogP contribution in [0.5, 0.6) is 11.5 Å². The Morgan fingerprint density at radius 2 is 2.26 bits per heavy atom. The molecule has 0 bridgehead atoms. The number of terminal acetylenes is 1. The number of carboxylic acids is 1. The van der Waals surface area contributed by atoms with Gasteiger partial charge in [0.25, 0.3) is 0 Å². The molecule has 1 rings (SSSR count). The maximum atomic E-state index is 10.5. The van der Waals surface area contributed by atoms with E-state index < -0.39 is 5.97 Å². The van der Waals surface area contributed by atoms with Gasteiger partial charge in [-0.15, -0.1) is 6.42 Å². The number of carboxylic acid groups (broad SMARTS) is 1. The van der Waals surface area contributed by atoms with Crippen molar-refractivity contribution in [1.82, 2.24) is 0 Å². The van der Waals surface area contributed by atoms with Crippen LogP contribution < -0.4 is 9.47 Å². The number of benzene rings is 1. The molecule has 4 heteroatoms. The highest BCUT2D eigenvalue weighted by molar-refractivity contribution is 5.86. The monoisotopic (exact) mass is 260 g/mol. The molecule has 0 saturated heterocycles. The lowest BCUT2D eigenvalue weighted by Crippen LogP contribution is -1.99. The summed E-state index contributed by atoms with van der Waals surface area (Å²) in [6.07, 6.45) is 8.55. The Labute approximate surface area is 112 Å². The number of hydrogen-bond donors (Lipinski definition) is 1. The number of ether oxygens (including phenoxy) is 2. The summed E-state index contributed by atoms with van der Waals surface area (Å²) in [7, 11) is 0. The molecule has 0 radical (unpaired) electrons. The van der Waals surface area contributed by atoms with E-state index in [0.717, 1.165) is 12.5 Å². The molecule has 0 heterocycles. The summed E-state index contributed by atoms with van der Waals surface area (Å²) in [5.74, 6) is 2.52. The molecule has 0 unspecified atom stereocenters. The van der Waals surface area contributed by atoms with E-state index in [1.807, 2.05) is 6.92 Å². The number of hydrogen-bond acceptors (Lipinski definition) is 3. The third-order valence-corrected chi connectivity index (χ3v) is 2.17. The van der Waals surface area contributed by atoms with Crippen molar-refractivity contribution in [2.24, 2.45) is 0 Å². The SMILES string of the molecule is C#CCOc1cc(OCCC)ccc1/C=C/C(=O)O. The van der Waals surface area contributed by atoms with Crippen LogP contribution in [0, 0.1) is 12.3 Å². The topological polar surface area (TPSA) is 55.8 Å². The van der Waals surface area contributed by atoms with E-state index in [4.69, 9.17) is 21.0 Å². The van der Waals surface area contributed by atoms with Crippen LogP contribution >= 0.6 is 0 Å². The first kappa shape index (κ1) is 14.7. The Balaban J connectivity index is 2.95. The molecule has 0 saturated carbocycles. The first-order chi connectivity index (χ1) is 9.17. The second-order valence-electron chi connectivity index (χ2n) is 3.71. The van der Waals surface area contributed by atoms with E-state index in [1.54, 1.807) is 18.2 Å². The first-order valence-corrected chi connectivity index (χ1v) is 5.91. The summed E-state index contributed by atoms with van der Waals surface area (Å²) < 4.78 is 10.9. The molecule has 100 valence electrons. The molecule has 0 atom stereocenters. The fraction of sp³-hybridized carbons (Fsp3) is 0.267. The Kier molecular flexibility index (Phi) is 6.04. The maximum absolute atomic E-state index is 10.5. The van der Waals surface area contributed by atoms with Gasteiger partial charge in [0.05, 0.1) is 6.61 Å². The Morgan fingerprint density at radius 3 is 2.89 bits per heavy atom. The van der Waals surface area contributed by atoms with Crippen LogP contribution in [0.3, 0.4) is 0 Å². The van der Waals surface area contributed by atoms with Crippen molar-refractivity contribution in [3.8, 4) is 23.8 Å². The predicted molar refractivity (Wildman–Crippen MR) is 73.2 cm³/mol.